The van der Waals surface area contributed by atoms with Gasteiger partial charge in [0, 0.05) is 38.3 Å². The van der Waals surface area contributed by atoms with E-state index in [0.717, 1.165) is 12.7 Å². The average Bonchev–Trinajstić information content (AvgIpc) is 3.24. The number of carbonyl (C=O) groups is 1. The van der Waals surface area contributed by atoms with E-state index in [4.69, 9.17) is 33.2 Å². The number of esters is 1. The normalized spacial score (nSPS) is 43.0. The second-order valence-corrected chi connectivity index (χ2v) is 21.9. The zero-order chi connectivity index (χ0) is 48.9. The molecular formula is C47H83N3O14S. The van der Waals surface area contributed by atoms with Crippen molar-refractivity contribution in [3.05, 3.63) is 24.3 Å². The van der Waals surface area contributed by atoms with Gasteiger partial charge in [0.2, 0.25) is 0 Å². The van der Waals surface area contributed by atoms with Crippen LogP contribution in [-0.4, -0.2) is 165 Å². The highest BCUT2D eigenvalue weighted by atomic mass is 32.2. The van der Waals surface area contributed by atoms with E-state index in [0.29, 0.717) is 25.3 Å². The number of hydrogen-bond donors (Lipinski definition) is 7. The van der Waals surface area contributed by atoms with Crippen molar-refractivity contribution in [2.75, 3.05) is 40.0 Å². The number of hydrogen-bond acceptors (Lipinski definition) is 17. The second kappa shape index (κ2) is 22.6. The van der Waals surface area contributed by atoms with Crippen LogP contribution in [0.15, 0.2) is 29.2 Å². The van der Waals surface area contributed by atoms with Crippen LogP contribution in [0, 0.1) is 17.8 Å². The average molecular weight is 946 g/mol. The molecule has 0 aliphatic carbocycles. The third-order valence-electron chi connectivity index (χ3n) is 14.3. The van der Waals surface area contributed by atoms with Crippen molar-refractivity contribution in [3.8, 4) is 5.75 Å². The third-order valence-corrected chi connectivity index (χ3v) is 15.4. The largest absolute Gasteiger partial charge is 0.483 e. The van der Waals surface area contributed by atoms with Gasteiger partial charge in [0.1, 0.15) is 34.8 Å². The summed E-state index contributed by atoms with van der Waals surface area (Å²) in [6.07, 6.45) is -5.79. The monoisotopic (exact) mass is 946 g/mol. The highest BCUT2D eigenvalue weighted by Gasteiger charge is 2.58. The maximum absolute atomic E-state index is 14.6. The maximum Gasteiger partial charge on any atom is 0.311 e. The minimum atomic E-state index is -3.47. The second-order valence-electron chi connectivity index (χ2n) is 19.9. The van der Waals surface area contributed by atoms with Crippen molar-refractivity contribution in [3.63, 3.8) is 0 Å². The summed E-state index contributed by atoms with van der Waals surface area (Å²) in [7, 11) is -0.138. The molecule has 65 heavy (non-hydrogen) atoms. The zero-order valence-electron chi connectivity index (χ0n) is 41.3. The van der Waals surface area contributed by atoms with Gasteiger partial charge in [-0.1, -0.05) is 27.7 Å². The molecule has 3 fully saturated rings. The number of cyclic esters (lactones) is 1. The highest BCUT2D eigenvalue weighted by Crippen LogP contribution is 2.43. The van der Waals surface area contributed by atoms with Crippen LogP contribution in [0.1, 0.15) is 108 Å². The molecule has 3 aliphatic rings. The standard InChI is InChI=1S/C47H83N3O14S/c1-15-21-49-26-47(55)32(8)60-37(24-45(47,10)58-13)63-38-29(5)41(64-43-39(35(48-12)22-28(4)59-43)61-33-17-19-34(20-18-33)65(14,56)57)44(9,53)23-27(3)25-50-31(7)40(51)46(11,54)36(16-2)62-42(52)30(38)6/h17-20,27-32,35-41,43,48-51,53-55H,15-16,21-26H2,1-14H3/t27?,28-,29?,30?,31?,32+,35+,36?,37+,38?,39-,40?,41?,43+,44?,45-,46?,47+/m1/s1. The summed E-state index contributed by atoms with van der Waals surface area (Å²) in [5, 5.41) is 58.2. The van der Waals surface area contributed by atoms with Crippen LogP contribution in [0.25, 0.3) is 0 Å². The SMILES string of the molecule is CCCNC[C@]1(O)[C@H](C)O[C@@H](OC2C(C)C(=O)OC(CC)C(C)(O)C(O)C(C)NCC(C)CC(C)(O)C(O[C@@H]3O[C@H](C)C[C@H](NC)[C@H]3Oc3ccc(S(C)(=O)=O)cc3)C2C)C[C@@]1(C)OC. The Bertz CT molecular complexity index is 1770. The lowest BCUT2D eigenvalue weighted by molar-refractivity contribution is -0.335. The van der Waals surface area contributed by atoms with E-state index in [2.05, 4.69) is 16.0 Å². The highest BCUT2D eigenvalue weighted by molar-refractivity contribution is 7.90. The van der Waals surface area contributed by atoms with Gasteiger partial charge < -0.3 is 69.5 Å². The fourth-order valence-electron chi connectivity index (χ4n) is 10.0. The van der Waals surface area contributed by atoms with E-state index in [9.17, 15) is 33.6 Å². The van der Waals surface area contributed by atoms with Crippen molar-refractivity contribution in [1.29, 1.82) is 0 Å². The number of benzene rings is 1. The first kappa shape index (κ1) is 55.6. The first-order valence-electron chi connectivity index (χ1n) is 23.5. The summed E-state index contributed by atoms with van der Waals surface area (Å²) in [6, 6.07) is 5.15. The van der Waals surface area contributed by atoms with Gasteiger partial charge in [-0.2, -0.15) is 0 Å². The van der Waals surface area contributed by atoms with Crippen LogP contribution < -0.4 is 20.7 Å². The molecule has 0 aromatic heterocycles. The zero-order valence-corrected chi connectivity index (χ0v) is 42.1. The molecule has 3 saturated heterocycles. The molecule has 0 saturated carbocycles. The smallest absolute Gasteiger partial charge is 0.311 e. The van der Waals surface area contributed by atoms with Crippen LogP contribution in [-0.2, 0) is 43.1 Å². The van der Waals surface area contributed by atoms with Crippen molar-refractivity contribution >= 4 is 15.8 Å². The Balaban J connectivity index is 1.85. The number of ether oxygens (including phenoxy) is 7. The van der Waals surface area contributed by atoms with E-state index >= 15 is 0 Å². The van der Waals surface area contributed by atoms with Crippen molar-refractivity contribution in [1.82, 2.24) is 16.0 Å². The summed E-state index contributed by atoms with van der Waals surface area (Å²) < 4.78 is 70.3. The molecule has 0 amide bonds. The van der Waals surface area contributed by atoms with Crippen molar-refractivity contribution in [2.45, 2.75) is 203 Å². The van der Waals surface area contributed by atoms with Crippen LogP contribution >= 0.6 is 0 Å². The first-order valence-corrected chi connectivity index (χ1v) is 25.4. The van der Waals surface area contributed by atoms with Gasteiger partial charge in [-0.15, -0.1) is 0 Å². The molecule has 0 bridgehead atoms. The molecule has 1 aromatic rings. The van der Waals surface area contributed by atoms with Crippen LogP contribution in [0.4, 0.5) is 0 Å². The number of nitrogens with one attached hydrogen (secondary N) is 3. The summed E-state index contributed by atoms with van der Waals surface area (Å²) >= 11 is 0. The van der Waals surface area contributed by atoms with E-state index in [1.54, 1.807) is 60.7 Å². The molecular weight excluding hydrogens is 863 g/mol. The molecule has 376 valence electrons. The Morgan fingerprint density at radius 2 is 1.58 bits per heavy atom. The summed E-state index contributed by atoms with van der Waals surface area (Å²) in [6.45, 7) is 20.7. The van der Waals surface area contributed by atoms with Gasteiger partial charge in [0.05, 0.1) is 46.9 Å². The lowest BCUT2D eigenvalue weighted by Gasteiger charge is -2.53. The van der Waals surface area contributed by atoms with Gasteiger partial charge in [0.15, 0.2) is 28.5 Å². The van der Waals surface area contributed by atoms with Crippen molar-refractivity contribution in [2.24, 2.45) is 17.8 Å². The number of carbonyl (C=O) groups excluding carboxylic acids is 1. The molecule has 17 nitrogen and oxygen atoms in total. The van der Waals surface area contributed by atoms with E-state index in [1.165, 1.54) is 26.2 Å². The molecule has 3 aliphatic heterocycles. The fraction of sp³-hybridized carbons (Fsp3) is 0.851. The van der Waals surface area contributed by atoms with Gasteiger partial charge in [-0.25, -0.2) is 8.42 Å². The molecule has 10 unspecified atom stereocenters. The fourth-order valence-corrected chi connectivity index (χ4v) is 10.7. The molecule has 18 atom stereocenters. The Labute approximate surface area is 388 Å². The number of likely N-dealkylation sites (N-methyl/N-ethyl adjacent to an activating group) is 1. The van der Waals surface area contributed by atoms with Gasteiger partial charge >= 0.3 is 5.97 Å². The molecule has 7 N–H and O–H groups in total. The minimum Gasteiger partial charge on any atom is -0.483 e. The lowest BCUT2D eigenvalue weighted by Crippen LogP contribution is -2.70. The number of sulfone groups is 1. The van der Waals surface area contributed by atoms with E-state index in [1.807, 2.05) is 27.7 Å². The number of methoxy groups -OCH3 is 1. The molecule has 0 radical (unpaired) electrons. The molecule has 3 heterocycles. The quantitative estimate of drug-likeness (QED) is 0.105. The number of aliphatic hydroxyl groups is 4. The molecule has 0 spiro atoms. The van der Waals surface area contributed by atoms with Gasteiger partial charge in [0.25, 0.3) is 0 Å². The summed E-state index contributed by atoms with van der Waals surface area (Å²) in [5.74, 6) is -2.47. The van der Waals surface area contributed by atoms with Crippen molar-refractivity contribution < 1.29 is 66.8 Å². The Morgan fingerprint density at radius 3 is 2.15 bits per heavy atom. The number of aliphatic hydroxyl groups excluding tert-OH is 1. The summed E-state index contributed by atoms with van der Waals surface area (Å²) in [4.78, 5) is 14.7. The van der Waals surface area contributed by atoms with Gasteiger partial charge in [-0.05, 0) is 124 Å². The maximum atomic E-state index is 14.6. The third kappa shape index (κ3) is 13.0. The Morgan fingerprint density at radius 1 is 0.938 bits per heavy atom. The Hall–Kier alpha value is -2.04. The number of rotatable bonds is 14. The topological polar surface area (TPSA) is 233 Å². The molecule has 1 aromatic carbocycles. The predicted molar refractivity (Wildman–Crippen MR) is 245 cm³/mol. The summed E-state index contributed by atoms with van der Waals surface area (Å²) in [5.41, 5.74) is -6.13. The van der Waals surface area contributed by atoms with E-state index in [-0.39, 0.29) is 48.8 Å². The molecule has 18 heteroatoms. The minimum absolute atomic E-state index is 0.0608. The van der Waals surface area contributed by atoms with E-state index < -0.39 is 105 Å². The molecule has 4 rings (SSSR count). The lowest BCUT2D eigenvalue weighted by atomic mass is 9.75. The van der Waals surface area contributed by atoms with Gasteiger partial charge in [-0.3, -0.25) is 4.79 Å². The van der Waals surface area contributed by atoms with Crippen LogP contribution in [0.3, 0.4) is 0 Å². The van der Waals surface area contributed by atoms with Crippen LogP contribution in [0.5, 0.6) is 5.75 Å². The first-order chi connectivity index (χ1) is 30.2. The van der Waals surface area contributed by atoms with Crippen LogP contribution in [0.2, 0.25) is 0 Å². The predicted octanol–water partition coefficient (Wildman–Crippen LogP) is 3.08. The Kier molecular flexibility index (Phi) is 19.3.